The number of halogens is 1. The molecule has 8 nitrogen and oxygen atoms in total. The predicted octanol–water partition coefficient (Wildman–Crippen LogP) is 2.75. The molecule has 0 saturated heterocycles. The minimum atomic E-state index is -1.18. The van der Waals surface area contributed by atoms with Crippen molar-refractivity contribution in [1.82, 2.24) is 5.32 Å². The van der Waals surface area contributed by atoms with E-state index in [4.69, 9.17) is 9.47 Å². The lowest BCUT2D eigenvalue weighted by molar-refractivity contribution is -0.149. The van der Waals surface area contributed by atoms with Crippen LogP contribution in [0.25, 0.3) is 0 Å². The number of ether oxygens (including phenoxy) is 4. The van der Waals surface area contributed by atoms with Gasteiger partial charge >= 0.3 is 11.9 Å². The van der Waals surface area contributed by atoms with Crippen molar-refractivity contribution >= 4 is 33.8 Å². The fraction of sp³-hybridized carbons (Fsp3) is 0.450. The summed E-state index contributed by atoms with van der Waals surface area (Å²) in [6.45, 7) is 0.186. The molecule has 0 bridgehead atoms. The standard InChI is InChI=1S/C20H24BrNO7/c1-26-17(12-5-4-6-12)11-29-16-9-13(21)7-8-14(16)19(24)22-15(20(25)28-3)10-18(23)27-2/h7-9,15H,4-6,10-11H2,1-3H3,(H,22,24)/t15-/m0/s1. The SMILES string of the molecule is COC(=O)C[C@H](NC(=O)c1ccc(Br)cc1OCC(OC)=C1CCC1)C(=O)OC. The Morgan fingerprint density at radius 1 is 1.10 bits per heavy atom. The fourth-order valence-electron chi connectivity index (χ4n) is 2.71. The molecule has 1 aliphatic rings. The van der Waals surface area contributed by atoms with Crippen molar-refractivity contribution < 1.29 is 33.3 Å². The van der Waals surface area contributed by atoms with E-state index < -0.39 is 23.9 Å². The van der Waals surface area contributed by atoms with Crippen LogP contribution in [0.4, 0.5) is 0 Å². The van der Waals surface area contributed by atoms with E-state index in [0.717, 1.165) is 29.5 Å². The smallest absolute Gasteiger partial charge is 0.328 e. The molecule has 0 radical (unpaired) electrons. The second-order valence-corrected chi connectivity index (χ2v) is 7.26. The molecular weight excluding hydrogens is 446 g/mol. The maximum absolute atomic E-state index is 12.8. The van der Waals surface area contributed by atoms with Crippen molar-refractivity contribution in [3.8, 4) is 5.75 Å². The van der Waals surface area contributed by atoms with Crippen LogP contribution >= 0.6 is 15.9 Å². The molecule has 1 atom stereocenters. The van der Waals surface area contributed by atoms with Crippen molar-refractivity contribution in [2.75, 3.05) is 27.9 Å². The van der Waals surface area contributed by atoms with E-state index in [0.29, 0.717) is 5.75 Å². The van der Waals surface area contributed by atoms with Gasteiger partial charge in [0.15, 0.2) is 0 Å². The third kappa shape index (κ3) is 6.22. The number of nitrogens with one attached hydrogen (secondary N) is 1. The molecule has 1 aliphatic carbocycles. The summed E-state index contributed by atoms with van der Waals surface area (Å²) in [5.41, 5.74) is 1.42. The molecule has 1 amide bonds. The van der Waals surface area contributed by atoms with Crippen molar-refractivity contribution in [1.29, 1.82) is 0 Å². The van der Waals surface area contributed by atoms with Gasteiger partial charge in [-0.15, -0.1) is 0 Å². The summed E-state index contributed by atoms with van der Waals surface area (Å²) >= 11 is 3.36. The van der Waals surface area contributed by atoms with Crippen molar-refractivity contribution in [3.63, 3.8) is 0 Å². The molecule has 0 spiro atoms. The van der Waals surface area contributed by atoms with Gasteiger partial charge in [0.05, 0.1) is 33.3 Å². The molecule has 1 fully saturated rings. The van der Waals surface area contributed by atoms with Crippen LogP contribution in [0.2, 0.25) is 0 Å². The highest BCUT2D eigenvalue weighted by Crippen LogP contribution is 2.30. The topological polar surface area (TPSA) is 100 Å². The zero-order valence-corrected chi connectivity index (χ0v) is 18.2. The van der Waals surface area contributed by atoms with Crippen LogP contribution < -0.4 is 10.1 Å². The first kappa shape index (κ1) is 22.7. The molecule has 29 heavy (non-hydrogen) atoms. The molecule has 1 saturated carbocycles. The lowest BCUT2D eigenvalue weighted by atomic mass is 9.91. The third-order valence-corrected chi connectivity index (χ3v) is 5.03. The monoisotopic (exact) mass is 469 g/mol. The number of hydrogen-bond acceptors (Lipinski definition) is 7. The van der Waals surface area contributed by atoms with Gasteiger partial charge in [-0.3, -0.25) is 9.59 Å². The van der Waals surface area contributed by atoms with E-state index in [-0.39, 0.29) is 18.6 Å². The van der Waals surface area contributed by atoms with Crippen LogP contribution in [0.5, 0.6) is 5.75 Å². The first-order valence-electron chi connectivity index (χ1n) is 9.02. The molecular formula is C20H24BrNO7. The normalized spacial score (nSPS) is 13.6. The highest BCUT2D eigenvalue weighted by molar-refractivity contribution is 9.10. The van der Waals surface area contributed by atoms with Gasteiger partial charge < -0.3 is 24.3 Å². The Balaban J connectivity index is 2.18. The van der Waals surface area contributed by atoms with Gasteiger partial charge in [-0.1, -0.05) is 15.9 Å². The number of benzene rings is 1. The molecule has 0 unspecified atom stereocenters. The Morgan fingerprint density at radius 3 is 2.38 bits per heavy atom. The van der Waals surface area contributed by atoms with Gasteiger partial charge in [0.1, 0.15) is 24.2 Å². The number of hydrogen-bond donors (Lipinski definition) is 1. The summed E-state index contributed by atoms with van der Waals surface area (Å²) < 4.78 is 21.2. The second-order valence-electron chi connectivity index (χ2n) is 6.34. The minimum Gasteiger partial charge on any atom is -0.498 e. The Bertz CT molecular complexity index is 800. The van der Waals surface area contributed by atoms with Crippen molar-refractivity contribution in [2.45, 2.75) is 31.7 Å². The maximum Gasteiger partial charge on any atom is 0.328 e. The Kier molecular flexibility index (Phi) is 8.50. The first-order chi connectivity index (χ1) is 13.9. The van der Waals surface area contributed by atoms with Gasteiger partial charge in [-0.25, -0.2) is 4.79 Å². The predicted molar refractivity (Wildman–Crippen MR) is 107 cm³/mol. The summed E-state index contributed by atoms with van der Waals surface area (Å²) in [5, 5.41) is 2.50. The Morgan fingerprint density at radius 2 is 1.83 bits per heavy atom. The summed E-state index contributed by atoms with van der Waals surface area (Å²) in [4.78, 5) is 36.3. The van der Waals surface area contributed by atoms with Crippen LogP contribution in [0.15, 0.2) is 34.0 Å². The van der Waals surface area contributed by atoms with Gasteiger partial charge in [0, 0.05) is 4.47 Å². The van der Waals surface area contributed by atoms with E-state index in [9.17, 15) is 14.4 Å². The van der Waals surface area contributed by atoms with Crippen LogP contribution in [0, 0.1) is 0 Å². The lowest BCUT2D eigenvalue weighted by Crippen LogP contribution is -2.43. The van der Waals surface area contributed by atoms with Crippen LogP contribution in [0.1, 0.15) is 36.0 Å². The molecule has 1 aromatic rings. The highest BCUT2D eigenvalue weighted by Gasteiger charge is 2.27. The van der Waals surface area contributed by atoms with Crippen molar-refractivity contribution in [3.05, 3.63) is 39.6 Å². The minimum absolute atomic E-state index is 0.186. The number of carbonyl (C=O) groups excluding carboxylic acids is 3. The molecule has 9 heteroatoms. The molecule has 158 valence electrons. The van der Waals surface area contributed by atoms with Gasteiger partial charge in [-0.2, -0.15) is 0 Å². The molecule has 1 N–H and O–H groups in total. The average Bonchev–Trinajstić information content (AvgIpc) is 2.68. The van der Waals surface area contributed by atoms with Crippen LogP contribution in [-0.4, -0.2) is 51.8 Å². The molecule has 2 rings (SSSR count). The van der Waals surface area contributed by atoms with Crippen molar-refractivity contribution in [2.24, 2.45) is 0 Å². The van der Waals surface area contributed by atoms with E-state index in [1.54, 1.807) is 25.3 Å². The summed E-state index contributed by atoms with van der Waals surface area (Å²) in [6, 6.07) is 3.71. The zero-order valence-electron chi connectivity index (χ0n) is 16.6. The quantitative estimate of drug-likeness (QED) is 0.438. The Hall–Kier alpha value is -2.55. The van der Waals surface area contributed by atoms with Gasteiger partial charge in [0.2, 0.25) is 0 Å². The summed E-state index contributed by atoms with van der Waals surface area (Å²) in [6.07, 6.45) is 2.74. The number of allylic oxidation sites excluding steroid dienone is 1. The second kappa shape index (κ2) is 10.8. The number of carbonyl (C=O) groups is 3. The zero-order chi connectivity index (χ0) is 21.4. The number of rotatable bonds is 9. The lowest BCUT2D eigenvalue weighted by Gasteiger charge is -2.22. The van der Waals surface area contributed by atoms with Gasteiger partial charge in [0.25, 0.3) is 5.91 Å². The third-order valence-electron chi connectivity index (χ3n) is 4.53. The number of esters is 2. The van der Waals surface area contributed by atoms with Gasteiger partial charge in [-0.05, 0) is 43.0 Å². The highest BCUT2D eigenvalue weighted by atomic mass is 79.9. The Labute approximate surface area is 177 Å². The largest absolute Gasteiger partial charge is 0.498 e. The number of amides is 1. The number of methoxy groups -OCH3 is 3. The van der Waals surface area contributed by atoms with E-state index in [1.165, 1.54) is 19.8 Å². The van der Waals surface area contributed by atoms with E-state index in [2.05, 4.69) is 30.7 Å². The molecule has 0 aliphatic heterocycles. The van der Waals surface area contributed by atoms with Crippen LogP contribution in [-0.2, 0) is 23.8 Å². The molecule has 0 aromatic heterocycles. The van der Waals surface area contributed by atoms with E-state index in [1.807, 2.05) is 0 Å². The van der Waals surface area contributed by atoms with E-state index >= 15 is 0 Å². The summed E-state index contributed by atoms with van der Waals surface area (Å²) in [5.74, 6) is -0.916. The molecule has 0 heterocycles. The molecule has 1 aromatic carbocycles. The van der Waals surface area contributed by atoms with Crippen LogP contribution in [0.3, 0.4) is 0 Å². The summed E-state index contributed by atoms with van der Waals surface area (Å²) in [7, 11) is 3.96. The average molecular weight is 470 g/mol. The fourth-order valence-corrected chi connectivity index (χ4v) is 3.05. The maximum atomic E-state index is 12.8. The first-order valence-corrected chi connectivity index (χ1v) is 9.81.